The molecular weight excluding hydrogens is 266 g/mol. The number of nitrogens with one attached hydrogen (secondary N) is 1. The van der Waals surface area contributed by atoms with Crippen molar-refractivity contribution in [1.29, 1.82) is 0 Å². The van der Waals surface area contributed by atoms with E-state index in [2.05, 4.69) is 5.32 Å². The maximum Gasteiger partial charge on any atom is 0.328 e. The lowest BCUT2D eigenvalue weighted by Gasteiger charge is -2.09. The molecule has 0 saturated heterocycles. The molecular formula is C13H13NO6. The van der Waals surface area contributed by atoms with E-state index in [1.165, 1.54) is 12.2 Å². The Morgan fingerprint density at radius 1 is 1.35 bits per heavy atom. The van der Waals surface area contributed by atoms with Gasteiger partial charge < -0.3 is 25.0 Å². The highest BCUT2D eigenvalue weighted by Gasteiger charge is 2.17. The number of aliphatic hydroxyl groups excluding tert-OH is 1. The number of rotatable bonds is 5. The molecule has 1 aromatic carbocycles. The van der Waals surface area contributed by atoms with Crippen molar-refractivity contribution in [1.82, 2.24) is 5.32 Å². The molecule has 0 radical (unpaired) electrons. The summed E-state index contributed by atoms with van der Waals surface area (Å²) < 4.78 is 10.3. The minimum absolute atomic E-state index is 0.166. The largest absolute Gasteiger partial charge is 0.480 e. The van der Waals surface area contributed by atoms with Gasteiger partial charge >= 0.3 is 5.97 Å². The molecule has 1 atom stereocenters. The molecule has 20 heavy (non-hydrogen) atoms. The van der Waals surface area contributed by atoms with Crippen molar-refractivity contribution in [2.45, 2.75) is 6.04 Å². The van der Waals surface area contributed by atoms with Gasteiger partial charge in [-0.2, -0.15) is 0 Å². The Labute approximate surface area is 114 Å². The van der Waals surface area contributed by atoms with Crippen molar-refractivity contribution in [2.75, 3.05) is 13.4 Å². The number of hydrogen-bond donors (Lipinski definition) is 3. The number of fused-ring (bicyclic) bond motifs is 1. The zero-order valence-electron chi connectivity index (χ0n) is 10.4. The normalized spacial score (nSPS) is 14.2. The van der Waals surface area contributed by atoms with Crippen LogP contribution in [0.2, 0.25) is 0 Å². The Morgan fingerprint density at radius 3 is 2.80 bits per heavy atom. The molecule has 106 valence electrons. The highest BCUT2D eigenvalue weighted by Crippen LogP contribution is 2.32. The average molecular weight is 279 g/mol. The Kier molecular flexibility index (Phi) is 4.21. The van der Waals surface area contributed by atoms with Gasteiger partial charge in [0, 0.05) is 6.08 Å². The first-order chi connectivity index (χ1) is 9.60. The summed E-state index contributed by atoms with van der Waals surface area (Å²) in [6.07, 6.45) is 2.69. The maximum atomic E-state index is 11.5. The summed E-state index contributed by atoms with van der Waals surface area (Å²) >= 11 is 0. The van der Waals surface area contributed by atoms with Gasteiger partial charge in [-0.1, -0.05) is 6.07 Å². The van der Waals surface area contributed by atoms with Crippen LogP contribution < -0.4 is 14.8 Å². The van der Waals surface area contributed by atoms with Crippen molar-refractivity contribution >= 4 is 18.0 Å². The molecule has 3 N–H and O–H groups in total. The van der Waals surface area contributed by atoms with Crippen LogP contribution >= 0.6 is 0 Å². The summed E-state index contributed by atoms with van der Waals surface area (Å²) in [5, 5.41) is 19.6. The molecule has 1 aliphatic rings. The molecule has 0 aliphatic carbocycles. The van der Waals surface area contributed by atoms with Crippen molar-refractivity contribution in [3.8, 4) is 11.5 Å². The number of amides is 1. The van der Waals surface area contributed by atoms with E-state index < -0.39 is 24.5 Å². The second-order valence-corrected chi connectivity index (χ2v) is 4.03. The summed E-state index contributed by atoms with van der Waals surface area (Å²) in [6, 6.07) is 3.84. The van der Waals surface area contributed by atoms with Gasteiger partial charge in [0.25, 0.3) is 0 Å². The predicted molar refractivity (Wildman–Crippen MR) is 68.3 cm³/mol. The molecule has 1 aromatic rings. The highest BCUT2D eigenvalue weighted by molar-refractivity contribution is 5.94. The second-order valence-electron chi connectivity index (χ2n) is 4.03. The van der Waals surface area contributed by atoms with Gasteiger partial charge in [0.05, 0.1) is 6.61 Å². The maximum absolute atomic E-state index is 11.5. The van der Waals surface area contributed by atoms with Gasteiger partial charge in [-0.3, -0.25) is 4.79 Å². The lowest BCUT2D eigenvalue weighted by molar-refractivity contribution is -0.142. The van der Waals surface area contributed by atoms with E-state index in [0.29, 0.717) is 17.1 Å². The lowest BCUT2D eigenvalue weighted by atomic mass is 10.2. The minimum atomic E-state index is -1.32. The summed E-state index contributed by atoms with van der Waals surface area (Å²) in [5.41, 5.74) is 0.709. The Bertz CT molecular complexity index is 554. The quantitative estimate of drug-likeness (QED) is 0.655. The molecule has 2 rings (SSSR count). The number of carbonyl (C=O) groups is 2. The van der Waals surface area contributed by atoms with Crippen LogP contribution in [0.5, 0.6) is 11.5 Å². The standard InChI is InChI=1S/C13H13NO6/c15-6-9(13(17)18)14-12(16)4-2-8-1-3-10-11(5-8)20-7-19-10/h1-5,9,15H,6-7H2,(H,14,16)(H,17,18)/b4-2+. The van der Waals surface area contributed by atoms with E-state index in [4.69, 9.17) is 19.7 Å². The Balaban J connectivity index is 1.98. The highest BCUT2D eigenvalue weighted by atomic mass is 16.7. The van der Waals surface area contributed by atoms with Crippen molar-refractivity contribution < 1.29 is 29.3 Å². The minimum Gasteiger partial charge on any atom is -0.480 e. The molecule has 1 heterocycles. The molecule has 0 spiro atoms. The fourth-order valence-electron chi connectivity index (χ4n) is 1.59. The van der Waals surface area contributed by atoms with Crippen LogP contribution in [-0.2, 0) is 9.59 Å². The Hall–Kier alpha value is -2.54. The number of carboxylic acid groups (broad SMARTS) is 1. The van der Waals surface area contributed by atoms with Crippen molar-refractivity contribution in [3.63, 3.8) is 0 Å². The topological polar surface area (TPSA) is 105 Å². The van der Waals surface area contributed by atoms with Gasteiger partial charge in [-0.05, 0) is 23.8 Å². The molecule has 0 saturated carbocycles. The Morgan fingerprint density at radius 2 is 2.10 bits per heavy atom. The third-order valence-electron chi connectivity index (χ3n) is 2.62. The third-order valence-corrected chi connectivity index (χ3v) is 2.62. The number of aliphatic carboxylic acids is 1. The van der Waals surface area contributed by atoms with E-state index in [9.17, 15) is 9.59 Å². The number of carbonyl (C=O) groups excluding carboxylic acids is 1. The molecule has 7 heteroatoms. The summed E-state index contributed by atoms with van der Waals surface area (Å²) in [4.78, 5) is 22.1. The molecule has 0 bridgehead atoms. The van der Waals surface area contributed by atoms with Crippen LogP contribution in [0.1, 0.15) is 5.56 Å². The van der Waals surface area contributed by atoms with Crippen LogP contribution in [-0.4, -0.2) is 41.5 Å². The number of aliphatic hydroxyl groups is 1. The van der Waals surface area contributed by atoms with Crippen molar-refractivity contribution in [2.24, 2.45) is 0 Å². The van der Waals surface area contributed by atoms with E-state index in [-0.39, 0.29) is 6.79 Å². The fourth-order valence-corrected chi connectivity index (χ4v) is 1.59. The van der Waals surface area contributed by atoms with Gasteiger partial charge in [-0.25, -0.2) is 4.79 Å². The summed E-state index contributed by atoms with van der Waals surface area (Å²) in [6.45, 7) is -0.501. The molecule has 1 unspecified atom stereocenters. The number of ether oxygens (including phenoxy) is 2. The van der Waals surface area contributed by atoms with E-state index >= 15 is 0 Å². The van der Waals surface area contributed by atoms with Crippen LogP contribution in [0.4, 0.5) is 0 Å². The van der Waals surface area contributed by atoms with E-state index in [1.54, 1.807) is 18.2 Å². The molecule has 0 fully saturated rings. The fraction of sp³-hybridized carbons (Fsp3) is 0.231. The third kappa shape index (κ3) is 3.27. The average Bonchev–Trinajstić information content (AvgIpc) is 2.89. The number of hydrogen-bond acceptors (Lipinski definition) is 5. The van der Waals surface area contributed by atoms with Crippen LogP contribution in [0.15, 0.2) is 24.3 Å². The van der Waals surface area contributed by atoms with Crippen molar-refractivity contribution in [3.05, 3.63) is 29.8 Å². The zero-order chi connectivity index (χ0) is 14.5. The first kappa shape index (κ1) is 13.9. The van der Waals surface area contributed by atoms with Gasteiger partial charge in [0.2, 0.25) is 12.7 Å². The first-order valence-corrected chi connectivity index (χ1v) is 5.82. The van der Waals surface area contributed by atoms with Crippen LogP contribution in [0.25, 0.3) is 6.08 Å². The zero-order valence-corrected chi connectivity index (χ0v) is 10.4. The summed E-state index contributed by atoms with van der Waals surface area (Å²) in [5.74, 6) is -0.675. The summed E-state index contributed by atoms with van der Waals surface area (Å²) in [7, 11) is 0. The molecule has 7 nitrogen and oxygen atoms in total. The van der Waals surface area contributed by atoms with Gasteiger partial charge in [-0.15, -0.1) is 0 Å². The number of carboxylic acids is 1. The lowest BCUT2D eigenvalue weighted by Crippen LogP contribution is -2.42. The van der Waals surface area contributed by atoms with Gasteiger partial charge in [0.15, 0.2) is 17.5 Å². The van der Waals surface area contributed by atoms with E-state index in [0.717, 1.165) is 0 Å². The molecule has 0 aromatic heterocycles. The smallest absolute Gasteiger partial charge is 0.328 e. The SMILES string of the molecule is O=C(/C=C/c1ccc2c(c1)OCO2)NC(CO)C(=O)O. The van der Waals surface area contributed by atoms with E-state index in [1.807, 2.05) is 0 Å². The first-order valence-electron chi connectivity index (χ1n) is 5.82. The predicted octanol–water partition coefficient (Wildman–Crippen LogP) is -0.00980. The van der Waals surface area contributed by atoms with Crippen LogP contribution in [0, 0.1) is 0 Å². The number of benzene rings is 1. The second kappa shape index (κ2) is 6.07. The van der Waals surface area contributed by atoms with Gasteiger partial charge in [0.1, 0.15) is 0 Å². The molecule has 1 aliphatic heterocycles. The van der Waals surface area contributed by atoms with Crippen LogP contribution in [0.3, 0.4) is 0 Å². The monoisotopic (exact) mass is 279 g/mol. The molecule has 1 amide bonds.